The third kappa shape index (κ3) is 2.85. The number of alkyl halides is 1. The lowest BCUT2D eigenvalue weighted by Gasteiger charge is -2.12. The van der Waals surface area contributed by atoms with Crippen LogP contribution in [0.1, 0.15) is 12.2 Å². The molecule has 0 saturated carbocycles. The van der Waals surface area contributed by atoms with Crippen LogP contribution in [0.15, 0.2) is 18.2 Å². The SMILES string of the molecule is CN(C)C(=O)CCn1c(CCl)nc2cccc(Cl)c21. The first-order chi connectivity index (χ1) is 9.04. The first kappa shape index (κ1) is 14.2. The number of rotatable bonds is 4. The van der Waals surface area contributed by atoms with Gasteiger partial charge in [-0.1, -0.05) is 17.7 Å². The summed E-state index contributed by atoms with van der Waals surface area (Å²) in [5, 5.41) is 0.624. The summed E-state index contributed by atoms with van der Waals surface area (Å²) in [5.41, 5.74) is 1.65. The van der Waals surface area contributed by atoms with Crippen molar-refractivity contribution in [1.29, 1.82) is 0 Å². The number of halogens is 2. The Bertz CT molecular complexity index is 607. The molecule has 19 heavy (non-hydrogen) atoms. The summed E-state index contributed by atoms with van der Waals surface area (Å²) in [5.74, 6) is 1.09. The number of benzene rings is 1. The molecule has 102 valence electrons. The first-order valence-electron chi connectivity index (χ1n) is 5.94. The lowest BCUT2D eigenvalue weighted by molar-refractivity contribution is -0.128. The van der Waals surface area contributed by atoms with Crippen molar-refractivity contribution in [3.63, 3.8) is 0 Å². The molecule has 2 aromatic rings. The first-order valence-corrected chi connectivity index (χ1v) is 6.85. The molecule has 0 aliphatic rings. The standard InChI is InChI=1S/C13H15Cl2N3O/c1-17(2)12(19)6-7-18-11(8-14)16-10-5-3-4-9(15)13(10)18/h3-5H,6-8H2,1-2H3. The fourth-order valence-electron chi connectivity index (χ4n) is 1.96. The molecule has 0 spiro atoms. The molecule has 2 rings (SSSR count). The maximum atomic E-state index is 11.7. The van der Waals surface area contributed by atoms with Crippen LogP contribution in [0, 0.1) is 0 Å². The number of aromatic nitrogens is 2. The number of hydrogen-bond donors (Lipinski definition) is 0. The van der Waals surface area contributed by atoms with E-state index < -0.39 is 0 Å². The van der Waals surface area contributed by atoms with E-state index in [2.05, 4.69) is 4.98 Å². The topological polar surface area (TPSA) is 38.1 Å². The van der Waals surface area contributed by atoms with Gasteiger partial charge in [-0.25, -0.2) is 4.98 Å². The highest BCUT2D eigenvalue weighted by molar-refractivity contribution is 6.35. The van der Waals surface area contributed by atoms with E-state index in [1.807, 2.05) is 22.8 Å². The zero-order valence-electron chi connectivity index (χ0n) is 10.9. The van der Waals surface area contributed by atoms with Crippen molar-refractivity contribution in [3.05, 3.63) is 29.0 Å². The van der Waals surface area contributed by atoms with Crippen molar-refractivity contribution in [2.45, 2.75) is 18.8 Å². The molecule has 0 bridgehead atoms. The molecule has 0 saturated heterocycles. The van der Waals surface area contributed by atoms with Crippen LogP contribution >= 0.6 is 23.2 Å². The van der Waals surface area contributed by atoms with Gasteiger partial charge in [-0.15, -0.1) is 11.6 Å². The largest absolute Gasteiger partial charge is 0.349 e. The smallest absolute Gasteiger partial charge is 0.223 e. The van der Waals surface area contributed by atoms with Crippen LogP contribution in [0.5, 0.6) is 0 Å². The van der Waals surface area contributed by atoms with Crippen molar-refractivity contribution >= 4 is 40.1 Å². The average molecular weight is 300 g/mol. The Kier molecular flexibility index (Phi) is 4.32. The van der Waals surface area contributed by atoms with Gasteiger partial charge in [0.2, 0.25) is 5.91 Å². The molecule has 4 nitrogen and oxygen atoms in total. The molecule has 0 fully saturated rings. The molecular formula is C13H15Cl2N3O. The van der Waals surface area contributed by atoms with E-state index in [0.717, 1.165) is 16.9 Å². The van der Waals surface area contributed by atoms with Gasteiger partial charge in [0.25, 0.3) is 0 Å². The highest BCUT2D eigenvalue weighted by Gasteiger charge is 2.14. The van der Waals surface area contributed by atoms with E-state index in [9.17, 15) is 4.79 Å². The van der Waals surface area contributed by atoms with Crippen molar-refractivity contribution in [3.8, 4) is 0 Å². The van der Waals surface area contributed by atoms with Gasteiger partial charge in [0.15, 0.2) is 0 Å². The monoisotopic (exact) mass is 299 g/mol. The van der Waals surface area contributed by atoms with Crippen molar-refractivity contribution in [2.75, 3.05) is 14.1 Å². The minimum Gasteiger partial charge on any atom is -0.349 e. The summed E-state index contributed by atoms with van der Waals surface area (Å²) in [6.45, 7) is 0.527. The van der Waals surface area contributed by atoms with Gasteiger partial charge >= 0.3 is 0 Å². The molecule has 0 aliphatic carbocycles. The summed E-state index contributed by atoms with van der Waals surface area (Å²) in [6, 6.07) is 5.56. The van der Waals surface area contributed by atoms with Gasteiger partial charge < -0.3 is 9.47 Å². The zero-order chi connectivity index (χ0) is 14.0. The fourth-order valence-corrected chi connectivity index (χ4v) is 2.44. The normalized spacial score (nSPS) is 10.9. The molecule has 1 aromatic carbocycles. The Morgan fingerprint density at radius 3 is 2.79 bits per heavy atom. The van der Waals surface area contributed by atoms with Crippen LogP contribution in [0.2, 0.25) is 5.02 Å². The van der Waals surface area contributed by atoms with Gasteiger partial charge in [0.05, 0.1) is 21.9 Å². The summed E-state index contributed by atoms with van der Waals surface area (Å²) >= 11 is 12.1. The van der Waals surface area contributed by atoms with E-state index in [4.69, 9.17) is 23.2 Å². The Hall–Kier alpha value is -1.26. The van der Waals surface area contributed by atoms with Gasteiger partial charge in [0, 0.05) is 27.1 Å². The number of fused-ring (bicyclic) bond motifs is 1. The summed E-state index contributed by atoms with van der Waals surface area (Å²) in [7, 11) is 3.48. The lowest BCUT2D eigenvalue weighted by atomic mass is 10.3. The Labute approximate surface area is 121 Å². The van der Waals surface area contributed by atoms with E-state index in [1.165, 1.54) is 0 Å². The average Bonchev–Trinajstić information content (AvgIpc) is 2.75. The van der Waals surface area contributed by atoms with Gasteiger partial charge in [0.1, 0.15) is 5.82 Å². The Morgan fingerprint density at radius 2 is 2.16 bits per heavy atom. The molecule has 0 N–H and O–H groups in total. The molecule has 1 amide bonds. The minimum absolute atomic E-state index is 0.0643. The summed E-state index contributed by atoms with van der Waals surface area (Å²) in [6.07, 6.45) is 0.396. The van der Waals surface area contributed by atoms with Crippen LogP contribution in [0.4, 0.5) is 0 Å². The molecule has 6 heteroatoms. The highest BCUT2D eigenvalue weighted by atomic mass is 35.5. The molecule has 1 heterocycles. The quantitative estimate of drug-likeness (QED) is 0.814. The minimum atomic E-state index is 0.0643. The molecular weight excluding hydrogens is 285 g/mol. The second-order valence-corrected chi connectivity index (χ2v) is 5.13. The molecule has 0 atom stereocenters. The van der Waals surface area contributed by atoms with Crippen LogP contribution in [-0.2, 0) is 17.2 Å². The predicted octanol–water partition coefficient (Wildman–Crippen LogP) is 2.91. The van der Waals surface area contributed by atoms with Crippen LogP contribution in [-0.4, -0.2) is 34.5 Å². The number of aryl methyl sites for hydroxylation is 1. The highest BCUT2D eigenvalue weighted by Crippen LogP contribution is 2.25. The summed E-state index contributed by atoms with van der Waals surface area (Å²) in [4.78, 5) is 17.7. The van der Waals surface area contributed by atoms with Crippen molar-refractivity contribution < 1.29 is 4.79 Å². The van der Waals surface area contributed by atoms with Crippen molar-refractivity contribution in [2.24, 2.45) is 0 Å². The van der Waals surface area contributed by atoms with Gasteiger partial charge in [-0.3, -0.25) is 4.79 Å². The van der Waals surface area contributed by atoms with Crippen LogP contribution in [0.3, 0.4) is 0 Å². The second-order valence-electron chi connectivity index (χ2n) is 4.46. The van der Waals surface area contributed by atoms with E-state index in [-0.39, 0.29) is 5.91 Å². The molecule has 1 aromatic heterocycles. The van der Waals surface area contributed by atoms with E-state index >= 15 is 0 Å². The molecule has 0 aliphatic heterocycles. The zero-order valence-corrected chi connectivity index (χ0v) is 12.4. The lowest BCUT2D eigenvalue weighted by Crippen LogP contribution is -2.23. The third-order valence-electron chi connectivity index (χ3n) is 2.96. The number of hydrogen-bond acceptors (Lipinski definition) is 2. The Balaban J connectivity index is 2.37. The molecule has 0 radical (unpaired) electrons. The van der Waals surface area contributed by atoms with Crippen LogP contribution < -0.4 is 0 Å². The number of amides is 1. The van der Waals surface area contributed by atoms with E-state index in [0.29, 0.717) is 23.9 Å². The second kappa shape index (κ2) is 5.80. The van der Waals surface area contributed by atoms with Gasteiger partial charge in [-0.05, 0) is 12.1 Å². The molecule has 0 unspecified atom stereocenters. The maximum absolute atomic E-state index is 11.7. The van der Waals surface area contributed by atoms with Crippen LogP contribution in [0.25, 0.3) is 11.0 Å². The summed E-state index contributed by atoms with van der Waals surface area (Å²) < 4.78 is 1.92. The third-order valence-corrected chi connectivity index (χ3v) is 3.51. The number of nitrogens with zero attached hydrogens (tertiary/aromatic N) is 3. The fraction of sp³-hybridized carbons (Fsp3) is 0.385. The van der Waals surface area contributed by atoms with E-state index in [1.54, 1.807) is 19.0 Å². The number of carbonyl (C=O) groups excluding carboxylic acids is 1. The van der Waals surface area contributed by atoms with Gasteiger partial charge in [-0.2, -0.15) is 0 Å². The maximum Gasteiger partial charge on any atom is 0.223 e. The number of imidazole rings is 1. The number of para-hydroxylation sites is 1. The Morgan fingerprint density at radius 1 is 1.42 bits per heavy atom. The number of carbonyl (C=O) groups is 1. The van der Waals surface area contributed by atoms with Crippen molar-refractivity contribution in [1.82, 2.24) is 14.5 Å². The predicted molar refractivity (Wildman–Crippen MR) is 77.6 cm³/mol.